The number of amides is 2. The van der Waals surface area contributed by atoms with Crippen LogP contribution in [-0.4, -0.2) is 37.0 Å². The molecule has 2 amide bonds. The molecule has 0 bridgehead atoms. The summed E-state index contributed by atoms with van der Waals surface area (Å²) >= 11 is 0. The van der Waals surface area contributed by atoms with Crippen molar-refractivity contribution in [2.75, 3.05) is 25.6 Å². The number of ether oxygens (including phenoxy) is 2. The molecule has 2 aliphatic rings. The van der Waals surface area contributed by atoms with E-state index in [1.165, 1.54) is 12.0 Å². The summed E-state index contributed by atoms with van der Waals surface area (Å²) in [5, 5.41) is 2.88. The number of carbonyl (C=O) groups is 2. The number of benzene rings is 2. The van der Waals surface area contributed by atoms with Crippen molar-refractivity contribution in [2.45, 2.75) is 57.4 Å². The van der Waals surface area contributed by atoms with Gasteiger partial charge < -0.3 is 19.7 Å². The molecule has 6 heteroatoms. The van der Waals surface area contributed by atoms with Gasteiger partial charge in [-0.3, -0.25) is 9.59 Å². The van der Waals surface area contributed by atoms with Crippen molar-refractivity contribution in [1.29, 1.82) is 0 Å². The Bertz CT molecular complexity index is 941. The highest BCUT2D eigenvalue weighted by Crippen LogP contribution is 2.32. The van der Waals surface area contributed by atoms with Crippen LogP contribution in [0, 0.1) is 0 Å². The monoisotopic (exact) mass is 436 g/mol. The van der Waals surface area contributed by atoms with Gasteiger partial charge in [-0.2, -0.15) is 0 Å². The third-order valence-electron chi connectivity index (χ3n) is 6.35. The van der Waals surface area contributed by atoms with Gasteiger partial charge in [0.05, 0.1) is 19.8 Å². The fourth-order valence-corrected chi connectivity index (χ4v) is 4.59. The van der Waals surface area contributed by atoms with Crippen LogP contribution in [0.3, 0.4) is 0 Å². The number of nitrogens with one attached hydrogen (secondary N) is 1. The maximum atomic E-state index is 13.1. The van der Waals surface area contributed by atoms with Crippen molar-refractivity contribution >= 4 is 17.5 Å². The molecule has 2 aliphatic heterocycles. The summed E-state index contributed by atoms with van der Waals surface area (Å²) in [5.41, 5.74) is 3.15. The summed E-state index contributed by atoms with van der Waals surface area (Å²) in [4.78, 5) is 26.7. The average molecular weight is 437 g/mol. The van der Waals surface area contributed by atoms with Gasteiger partial charge in [-0.1, -0.05) is 25.0 Å². The van der Waals surface area contributed by atoms with E-state index in [0.29, 0.717) is 25.9 Å². The number of nitrogens with zero attached hydrogens (tertiary/aromatic N) is 1. The second kappa shape index (κ2) is 10.5. The fraction of sp³-hybridized carbons (Fsp3) is 0.462. The quantitative estimate of drug-likeness (QED) is 0.628. The Labute approximate surface area is 189 Å². The molecule has 2 aromatic rings. The minimum Gasteiger partial charge on any atom is -0.497 e. The van der Waals surface area contributed by atoms with Crippen LogP contribution in [0.5, 0.6) is 11.5 Å². The lowest BCUT2D eigenvalue weighted by Crippen LogP contribution is -2.34. The Kier molecular flexibility index (Phi) is 7.30. The standard InChI is InChI=1S/C26H32N2O4/c1-31-21-11-8-19(9-12-21)24-6-3-2-4-16-28(24)26(30)7-5-17-32-22-13-14-23-20(18-22)10-15-25(29)27-23/h8-9,11-14,18,24H,2-7,10,15-17H2,1H3,(H,27,29). The predicted molar refractivity (Wildman–Crippen MR) is 124 cm³/mol. The van der Waals surface area contributed by atoms with Crippen molar-refractivity contribution in [3.05, 3.63) is 53.6 Å². The molecule has 0 aliphatic carbocycles. The third kappa shape index (κ3) is 5.42. The maximum Gasteiger partial charge on any atom is 0.224 e. The van der Waals surface area contributed by atoms with Crippen LogP contribution in [0.15, 0.2) is 42.5 Å². The zero-order chi connectivity index (χ0) is 22.3. The summed E-state index contributed by atoms with van der Waals surface area (Å²) in [5.74, 6) is 1.88. The summed E-state index contributed by atoms with van der Waals surface area (Å²) in [6.07, 6.45) is 6.77. The first-order valence-corrected chi connectivity index (χ1v) is 11.6. The molecule has 2 aromatic carbocycles. The van der Waals surface area contributed by atoms with Gasteiger partial charge in [-0.25, -0.2) is 0 Å². The van der Waals surface area contributed by atoms with Gasteiger partial charge in [0.1, 0.15) is 11.5 Å². The summed E-state index contributed by atoms with van der Waals surface area (Å²) < 4.78 is 11.2. The van der Waals surface area contributed by atoms with E-state index in [1.807, 2.05) is 30.3 Å². The van der Waals surface area contributed by atoms with Crippen molar-refractivity contribution in [3.8, 4) is 11.5 Å². The molecule has 0 radical (unpaired) electrons. The molecule has 4 rings (SSSR count). The summed E-state index contributed by atoms with van der Waals surface area (Å²) in [6, 6.07) is 14.0. The highest BCUT2D eigenvalue weighted by molar-refractivity contribution is 5.94. The SMILES string of the molecule is COc1ccc(C2CCCCCN2C(=O)CCCOc2ccc3c(c2)CCC(=O)N3)cc1. The molecule has 2 heterocycles. The zero-order valence-electron chi connectivity index (χ0n) is 18.8. The number of hydrogen-bond acceptors (Lipinski definition) is 4. The van der Waals surface area contributed by atoms with Gasteiger partial charge in [0.25, 0.3) is 0 Å². The number of carbonyl (C=O) groups excluding carboxylic acids is 2. The normalized spacial score (nSPS) is 18.3. The van der Waals surface area contributed by atoms with Crippen LogP contribution < -0.4 is 14.8 Å². The first kappa shape index (κ1) is 22.2. The number of likely N-dealkylation sites (tertiary alicyclic amines) is 1. The summed E-state index contributed by atoms with van der Waals surface area (Å²) in [7, 11) is 1.67. The average Bonchev–Trinajstić information content (AvgIpc) is 3.08. The Morgan fingerprint density at radius 1 is 1.06 bits per heavy atom. The largest absolute Gasteiger partial charge is 0.497 e. The molecule has 1 saturated heterocycles. The maximum absolute atomic E-state index is 13.1. The van der Waals surface area contributed by atoms with Gasteiger partial charge in [0.2, 0.25) is 11.8 Å². The number of hydrogen-bond donors (Lipinski definition) is 1. The van der Waals surface area contributed by atoms with Gasteiger partial charge in [0, 0.05) is 25.1 Å². The minimum atomic E-state index is 0.0612. The van der Waals surface area contributed by atoms with Gasteiger partial charge in [0.15, 0.2) is 0 Å². The van der Waals surface area contributed by atoms with Crippen LogP contribution >= 0.6 is 0 Å². The van der Waals surface area contributed by atoms with E-state index in [1.54, 1.807) is 7.11 Å². The van der Waals surface area contributed by atoms with Crippen molar-refractivity contribution < 1.29 is 19.1 Å². The number of rotatable bonds is 7. The second-order valence-corrected chi connectivity index (χ2v) is 8.54. The number of aryl methyl sites for hydroxylation is 1. The van der Waals surface area contributed by atoms with Crippen LogP contribution in [0.2, 0.25) is 0 Å². The smallest absolute Gasteiger partial charge is 0.224 e. The van der Waals surface area contributed by atoms with Crippen LogP contribution in [0.4, 0.5) is 5.69 Å². The third-order valence-corrected chi connectivity index (χ3v) is 6.35. The first-order valence-electron chi connectivity index (χ1n) is 11.6. The first-order chi connectivity index (χ1) is 15.6. The van der Waals surface area contributed by atoms with E-state index >= 15 is 0 Å². The predicted octanol–water partition coefficient (Wildman–Crippen LogP) is 4.88. The van der Waals surface area contributed by atoms with Gasteiger partial charge in [-0.05, 0) is 67.1 Å². The molecule has 0 saturated carbocycles. The lowest BCUT2D eigenvalue weighted by molar-refractivity contribution is -0.133. The summed E-state index contributed by atoms with van der Waals surface area (Å²) in [6.45, 7) is 1.31. The molecule has 6 nitrogen and oxygen atoms in total. The van der Waals surface area contributed by atoms with E-state index < -0.39 is 0 Å². The highest BCUT2D eigenvalue weighted by atomic mass is 16.5. The molecular formula is C26H32N2O4. The van der Waals surface area contributed by atoms with Crippen LogP contribution in [0.1, 0.15) is 62.1 Å². The molecule has 170 valence electrons. The lowest BCUT2D eigenvalue weighted by atomic mass is 10.00. The minimum absolute atomic E-state index is 0.0612. The molecule has 0 aromatic heterocycles. The Balaban J connectivity index is 1.31. The molecular weight excluding hydrogens is 404 g/mol. The van der Waals surface area contributed by atoms with Gasteiger partial charge in [-0.15, -0.1) is 0 Å². The second-order valence-electron chi connectivity index (χ2n) is 8.54. The topological polar surface area (TPSA) is 67.9 Å². The van der Waals surface area contributed by atoms with E-state index in [2.05, 4.69) is 22.3 Å². The molecule has 1 unspecified atom stereocenters. The molecule has 1 N–H and O–H groups in total. The van der Waals surface area contributed by atoms with E-state index in [-0.39, 0.29) is 17.9 Å². The fourth-order valence-electron chi connectivity index (χ4n) is 4.59. The van der Waals surface area contributed by atoms with Crippen molar-refractivity contribution in [2.24, 2.45) is 0 Å². The highest BCUT2D eigenvalue weighted by Gasteiger charge is 2.26. The molecule has 1 fully saturated rings. The Morgan fingerprint density at radius 3 is 2.69 bits per heavy atom. The van der Waals surface area contributed by atoms with Gasteiger partial charge >= 0.3 is 0 Å². The lowest BCUT2D eigenvalue weighted by Gasteiger charge is -2.31. The van der Waals surface area contributed by atoms with E-state index in [0.717, 1.165) is 55.0 Å². The van der Waals surface area contributed by atoms with E-state index in [9.17, 15) is 9.59 Å². The van der Waals surface area contributed by atoms with E-state index in [4.69, 9.17) is 9.47 Å². The van der Waals surface area contributed by atoms with Crippen LogP contribution in [0.25, 0.3) is 0 Å². The van der Waals surface area contributed by atoms with Crippen molar-refractivity contribution in [1.82, 2.24) is 4.90 Å². The Morgan fingerprint density at radius 2 is 1.88 bits per heavy atom. The molecule has 0 spiro atoms. The number of fused-ring (bicyclic) bond motifs is 1. The molecule has 1 atom stereocenters. The number of methoxy groups -OCH3 is 1. The van der Waals surface area contributed by atoms with Crippen molar-refractivity contribution in [3.63, 3.8) is 0 Å². The van der Waals surface area contributed by atoms with Crippen LogP contribution in [-0.2, 0) is 16.0 Å². The molecule has 32 heavy (non-hydrogen) atoms. The zero-order valence-corrected chi connectivity index (χ0v) is 18.8. The number of anilines is 1. The Hall–Kier alpha value is -3.02.